The van der Waals surface area contributed by atoms with Crippen LogP contribution in [0.25, 0.3) is 0 Å². The molecule has 1 saturated heterocycles. The summed E-state index contributed by atoms with van der Waals surface area (Å²) in [7, 11) is 0. The number of ether oxygens (including phenoxy) is 1. The van der Waals surface area contributed by atoms with Gasteiger partial charge >= 0.3 is 0 Å². The molecule has 1 aromatic rings. The average molecular weight is 322 g/mol. The second-order valence-corrected chi connectivity index (χ2v) is 4.85. The van der Waals surface area contributed by atoms with Gasteiger partial charge in [0.05, 0.1) is 0 Å². The van der Waals surface area contributed by atoms with Crippen LogP contribution in [0.5, 0.6) is 0 Å². The van der Waals surface area contributed by atoms with Gasteiger partial charge in [0.1, 0.15) is 40.9 Å². The minimum Gasteiger partial charge on any atom is -0.387 e. The number of aliphatic hydroxyl groups excluding tert-OH is 3. The van der Waals surface area contributed by atoms with Gasteiger partial charge in [-0.3, -0.25) is 4.79 Å². The fourth-order valence-electron chi connectivity index (χ4n) is 1.77. The minimum atomic E-state index is -1.27. The first-order valence-electron chi connectivity index (χ1n) is 5.10. The number of imidazole rings is 1. The summed E-state index contributed by atoms with van der Waals surface area (Å²) < 4.78 is 5.28. The van der Waals surface area contributed by atoms with Crippen LogP contribution in [-0.2, 0) is 4.74 Å². The Kier molecular flexibility index (Phi) is 3.69. The van der Waals surface area contributed by atoms with E-state index in [1.807, 2.05) is 0 Å². The Morgan fingerprint density at radius 1 is 1.56 bits per heavy atom. The molecule has 1 aliphatic heterocycles. The van der Waals surface area contributed by atoms with Gasteiger partial charge in [-0.2, -0.15) is 0 Å². The topological polar surface area (TPSA) is 142 Å². The Hall–Kier alpha value is -1.00. The molecule has 0 radical (unpaired) electrons. The predicted octanol–water partition coefficient (Wildman–Crippen LogP) is -1.62. The molecule has 2 heterocycles. The van der Waals surface area contributed by atoms with Crippen LogP contribution in [0.2, 0.25) is 0 Å². The molecule has 8 nitrogen and oxygen atoms in total. The van der Waals surface area contributed by atoms with E-state index >= 15 is 0 Å². The fourth-order valence-corrected chi connectivity index (χ4v) is 2.20. The Labute approximate surface area is 110 Å². The average Bonchev–Trinajstić information content (AvgIpc) is 2.86. The number of nitrogens with zero attached hydrogens (tertiary/aromatic N) is 1. The highest BCUT2D eigenvalue weighted by Gasteiger charge is 2.47. The van der Waals surface area contributed by atoms with Crippen molar-refractivity contribution in [3.8, 4) is 0 Å². The molecule has 1 unspecified atom stereocenters. The monoisotopic (exact) mass is 321 g/mol. The third-order valence-electron chi connectivity index (χ3n) is 2.69. The molecule has 100 valence electrons. The molecule has 1 aromatic heterocycles. The number of aromatic nitrogens is 2. The highest BCUT2D eigenvalue weighted by atomic mass is 79.9. The zero-order valence-corrected chi connectivity index (χ0v) is 10.6. The quantitative estimate of drug-likeness (QED) is 0.424. The molecular formula is C9H12BrN3O5. The van der Waals surface area contributed by atoms with Gasteiger partial charge in [-0.25, -0.2) is 4.98 Å². The highest BCUT2D eigenvalue weighted by molar-refractivity contribution is 9.09. The summed E-state index contributed by atoms with van der Waals surface area (Å²) in [6.45, 7) is 0. The Balaban J connectivity index is 2.20. The first-order chi connectivity index (χ1) is 8.41. The summed E-state index contributed by atoms with van der Waals surface area (Å²) in [5, 5.41) is 27.7. The summed E-state index contributed by atoms with van der Waals surface area (Å²) >= 11 is 2.85. The summed E-state index contributed by atoms with van der Waals surface area (Å²) in [5.74, 6) is -0.561. The van der Waals surface area contributed by atoms with Gasteiger partial charge in [0.15, 0.2) is 0 Å². The van der Waals surface area contributed by atoms with Gasteiger partial charge in [0.2, 0.25) is 0 Å². The van der Waals surface area contributed by atoms with Gasteiger partial charge in [-0.05, 0) is 0 Å². The summed E-state index contributed by atoms with van der Waals surface area (Å²) in [5.41, 5.74) is 5.04. The van der Waals surface area contributed by atoms with Crippen LogP contribution in [0.3, 0.4) is 0 Å². The van der Waals surface area contributed by atoms with E-state index in [4.69, 9.17) is 10.5 Å². The molecule has 2 rings (SSSR count). The molecule has 18 heavy (non-hydrogen) atoms. The Morgan fingerprint density at radius 3 is 2.67 bits per heavy atom. The van der Waals surface area contributed by atoms with Crippen molar-refractivity contribution in [3.63, 3.8) is 0 Å². The van der Waals surface area contributed by atoms with Gasteiger partial charge in [-0.15, -0.1) is 0 Å². The number of H-pyrrole nitrogens is 1. The summed E-state index contributed by atoms with van der Waals surface area (Å²) in [6, 6.07) is 0. The number of hydrogen-bond acceptors (Lipinski definition) is 6. The number of alkyl halides is 1. The lowest BCUT2D eigenvalue weighted by Crippen LogP contribution is -2.35. The standard InChI is InChI=1S/C9H12BrN3O5/c10-7(16)5-3(14)4(15)6(18-5)9-12-1-2(13-9)8(11)17/h1,3-7,14-16H,(H2,11,17)(H,12,13)/t3-,4+,5-,6+,7?/m0/s1. The number of hydrogen-bond donors (Lipinski definition) is 5. The van der Waals surface area contributed by atoms with E-state index < -0.39 is 35.3 Å². The van der Waals surface area contributed by atoms with Crippen LogP contribution in [0, 0.1) is 0 Å². The van der Waals surface area contributed by atoms with E-state index in [-0.39, 0.29) is 11.5 Å². The zero-order valence-electron chi connectivity index (χ0n) is 9.02. The summed E-state index contributed by atoms with van der Waals surface area (Å²) in [6.07, 6.45) is -3.23. The third-order valence-corrected chi connectivity index (χ3v) is 3.21. The highest BCUT2D eigenvalue weighted by Crippen LogP contribution is 2.34. The van der Waals surface area contributed by atoms with Crippen LogP contribution in [0.1, 0.15) is 22.4 Å². The first kappa shape index (κ1) is 13.4. The number of halogens is 1. The van der Waals surface area contributed by atoms with Gasteiger partial charge in [0, 0.05) is 6.20 Å². The van der Waals surface area contributed by atoms with Crippen molar-refractivity contribution >= 4 is 21.8 Å². The Bertz CT molecular complexity index is 451. The second-order valence-electron chi connectivity index (χ2n) is 3.91. The van der Waals surface area contributed by atoms with Crippen LogP contribution in [-0.4, -0.2) is 54.5 Å². The molecule has 1 amide bonds. The van der Waals surface area contributed by atoms with E-state index in [1.54, 1.807) is 0 Å². The van der Waals surface area contributed by atoms with Crippen LogP contribution in [0.4, 0.5) is 0 Å². The van der Waals surface area contributed by atoms with Crippen molar-refractivity contribution in [2.75, 3.05) is 0 Å². The number of nitrogens with two attached hydrogens (primary N) is 1. The lowest BCUT2D eigenvalue weighted by atomic mass is 10.1. The molecule has 0 aliphatic carbocycles. The van der Waals surface area contributed by atoms with Crippen LogP contribution < -0.4 is 5.73 Å². The predicted molar refractivity (Wildman–Crippen MR) is 61.7 cm³/mol. The molecule has 0 aromatic carbocycles. The third kappa shape index (κ3) is 2.27. The molecule has 9 heteroatoms. The molecule has 0 spiro atoms. The molecule has 1 aliphatic rings. The first-order valence-corrected chi connectivity index (χ1v) is 6.02. The van der Waals surface area contributed by atoms with E-state index in [0.717, 1.165) is 0 Å². The van der Waals surface area contributed by atoms with Crippen molar-refractivity contribution in [1.29, 1.82) is 0 Å². The van der Waals surface area contributed by atoms with E-state index in [9.17, 15) is 20.1 Å². The maximum absolute atomic E-state index is 10.9. The van der Waals surface area contributed by atoms with E-state index in [0.29, 0.717) is 0 Å². The molecule has 5 atom stereocenters. The maximum atomic E-state index is 10.9. The lowest BCUT2D eigenvalue weighted by Gasteiger charge is -2.15. The van der Waals surface area contributed by atoms with Gasteiger partial charge < -0.3 is 30.8 Å². The molecular weight excluding hydrogens is 310 g/mol. The smallest absolute Gasteiger partial charge is 0.268 e. The summed E-state index contributed by atoms with van der Waals surface area (Å²) in [4.78, 5) is 17.4. The maximum Gasteiger partial charge on any atom is 0.268 e. The van der Waals surface area contributed by atoms with E-state index in [2.05, 4.69) is 25.9 Å². The number of aromatic amines is 1. The molecule has 0 bridgehead atoms. The molecule has 0 saturated carbocycles. The number of carbonyl (C=O) groups excluding carboxylic acids is 1. The largest absolute Gasteiger partial charge is 0.387 e. The van der Waals surface area contributed by atoms with Crippen molar-refractivity contribution in [2.45, 2.75) is 29.4 Å². The van der Waals surface area contributed by atoms with Crippen molar-refractivity contribution in [1.82, 2.24) is 9.97 Å². The number of carbonyl (C=O) groups is 1. The number of rotatable bonds is 3. The minimum absolute atomic E-state index is 0.00173. The fraction of sp³-hybridized carbons (Fsp3) is 0.556. The second kappa shape index (κ2) is 4.94. The molecule has 6 N–H and O–H groups in total. The van der Waals surface area contributed by atoms with Crippen molar-refractivity contribution in [3.05, 3.63) is 17.7 Å². The van der Waals surface area contributed by atoms with Crippen molar-refractivity contribution in [2.24, 2.45) is 5.73 Å². The van der Waals surface area contributed by atoms with Gasteiger partial charge in [0.25, 0.3) is 5.91 Å². The van der Waals surface area contributed by atoms with Crippen LogP contribution in [0.15, 0.2) is 6.20 Å². The van der Waals surface area contributed by atoms with E-state index in [1.165, 1.54) is 6.20 Å². The lowest BCUT2D eigenvalue weighted by molar-refractivity contribution is -0.0346. The number of primary amides is 1. The van der Waals surface area contributed by atoms with Gasteiger partial charge in [-0.1, -0.05) is 15.9 Å². The number of nitrogens with one attached hydrogen (secondary N) is 1. The number of aliphatic hydroxyl groups is 3. The Morgan fingerprint density at radius 2 is 2.22 bits per heavy atom. The normalized spacial score (nSPS) is 33.6. The number of amides is 1. The SMILES string of the molecule is NC(=O)c1c[nH]c([C@@H]2O[C@H](C(O)Br)[C@@H](O)[C@H]2O)n1. The molecule has 1 fully saturated rings. The zero-order chi connectivity index (χ0) is 13.4. The van der Waals surface area contributed by atoms with Crippen molar-refractivity contribution < 1.29 is 24.9 Å². The van der Waals surface area contributed by atoms with Crippen LogP contribution >= 0.6 is 15.9 Å².